The molecule has 0 N–H and O–H groups in total. The third-order valence-corrected chi connectivity index (χ3v) is 6.47. The standard InChI is InChI=1S/C25H26F2N4O2/c26-24(27)16-25(17-28,30-13-5-2-6-14-30)31(18-24)23(33)10-9-22(32)20-11-12-29-15-21(20)19-7-3-1-4-8-19/h1,3-4,7-8,11-12,15H,2,5-6,9-10,13-14,16,18H2/t25-/m0/s1. The summed E-state index contributed by atoms with van der Waals surface area (Å²) in [5.41, 5.74) is 0.255. The maximum Gasteiger partial charge on any atom is 0.270 e. The fraction of sp³-hybridized carbons (Fsp3) is 0.440. The van der Waals surface area contributed by atoms with Crippen molar-refractivity contribution in [3.8, 4) is 17.2 Å². The minimum absolute atomic E-state index is 0.133. The van der Waals surface area contributed by atoms with E-state index in [0.29, 0.717) is 24.2 Å². The molecule has 2 saturated heterocycles. The Morgan fingerprint density at radius 1 is 1.06 bits per heavy atom. The van der Waals surface area contributed by atoms with Crippen LogP contribution in [0.15, 0.2) is 48.8 Å². The number of carbonyl (C=O) groups excluding carboxylic acids is 2. The van der Waals surface area contributed by atoms with Crippen molar-refractivity contribution in [2.75, 3.05) is 19.6 Å². The Hall–Kier alpha value is -3.18. The molecule has 0 spiro atoms. The molecule has 2 aliphatic rings. The van der Waals surface area contributed by atoms with Gasteiger partial charge in [0.1, 0.15) is 6.07 Å². The van der Waals surface area contributed by atoms with Gasteiger partial charge in [-0.3, -0.25) is 19.5 Å². The molecule has 2 fully saturated rings. The van der Waals surface area contributed by atoms with E-state index in [1.165, 1.54) is 6.20 Å². The SMILES string of the molecule is N#C[C@]1(N2CCCCC2)CC(F)(F)CN1C(=O)CCC(=O)c1ccncc1-c1ccccc1. The van der Waals surface area contributed by atoms with Gasteiger partial charge in [0, 0.05) is 49.5 Å². The van der Waals surface area contributed by atoms with Crippen LogP contribution >= 0.6 is 0 Å². The lowest BCUT2D eigenvalue weighted by molar-refractivity contribution is -0.140. The Balaban J connectivity index is 1.51. The molecule has 6 nitrogen and oxygen atoms in total. The predicted octanol–water partition coefficient (Wildman–Crippen LogP) is 4.28. The number of ketones is 1. The summed E-state index contributed by atoms with van der Waals surface area (Å²) in [6.07, 6.45) is 4.64. The smallest absolute Gasteiger partial charge is 0.270 e. The number of hydrogen-bond acceptors (Lipinski definition) is 5. The summed E-state index contributed by atoms with van der Waals surface area (Å²) in [5, 5.41) is 9.95. The zero-order valence-electron chi connectivity index (χ0n) is 18.3. The average Bonchev–Trinajstić information content (AvgIpc) is 3.15. The maximum absolute atomic E-state index is 14.5. The number of carbonyl (C=O) groups is 2. The summed E-state index contributed by atoms with van der Waals surface area (Å²) in [6, 6.07) is 13.0. The minimum atomic E-state index is -3.14. The number of likely N-dealkylation sites (tertiary alicyclic amines) is 2. The Morgan fingerprint density at radius 3 is 2.48 bits per heavy atom. The van der Waals surface area contributed by atoms with Gasteiger partial charge in [-0.05, 0) is 24.5 Å². The maximum atomic E-state index is 14.5. The van der Waals surface area contributed by atoms with Crippen molar-refractivity contribution in [1.82, 2.24) is 14.8 Å². The molecular formula is C25H26F2N4O2. The van der Waals surface area contributed by atoms with Crippen molar-refractivity contribution in [3.63, 3.8) is 0 Å². The van der Waals surface area contributed by atoms with Gasteiger partial charge in [-0.2, -0.15) is 5.26 Å². The van der Waals surface area contributed by atoms with Gasteiger partial charge in [0.15, 0.2) is 11.4 Å². The monoisotopic (exact) mass is 452 g/mol. The van der Waals surface area contributed by atoms with Crippen molar-refractivity contribution < 1.29 is 18.4 Å². The largest absolute Gasteiger partial charge is 0.306 e. The first kappa shape index (κ1) is 23.0. The van der Waals surface area contributed by atoms with Crippen LogP contribution in [0.25, 0.3) is 11.1 Å². The minimum Gasteiger partial charge on any atom is -0.306 e. The molecule has 1 aromatic carbocycles. The van der Waals surface area contributed by atoms with Crippen molar-refractivity contribution in [2.45, 2.75) is 50.1 Å². The summed E-state index contributed by atoms with van der Waals surface area (Å²) >= 11 is 0. The van der Waals surface area contributed by atoms with Crippen LogP contribution in [0.2, 0.25) is 0 Å². The van der Waals surface area contributed by atoms with Gasteiger partial charge in [0.25, 0.3) is 5.92 Å². The number of pyridine rings is 1. The lowest BCUT2D eigenvalue weighted by Gasteiger charge is -2.43. The molecule has 1 aromatic heterocycles. The second kappa shape index (κ2) is 9.36. The van der Waals surface area contributed by atoms with E-state index in [1.807, 2.05) is 36.4 Å². The second-order valence-corrected chi connectivity index (χ2v) is 8.70. The van der Waals surface area contributed by atoms with E-state index in [4.69, 9.17) is 0 Å². The summed E-state index contributed by atoms with van der Waals surface area (Å²) in [6.45, 7) is 0.211. The van der Waals surface area contributed by atoms with Gasteiger partial charge in [-0.15, -0.1) is 0 Å². The van der Waals surface area contributed by atoms with Crippen LogP contribution in [0.5, 0.6) is 0 Å². The average molecular weight is 453 g/mol. The fourth-order valence-electron chi connectivity index (χ4n) is 4.86. The number of Topliss-reactive ketones (excluding diaryl/α,β-unsaturated/α-hetero) is 1. The van der Waals surface area contributed by atoms with Gasteiger partial charge >= 0.3 is 0 Å². The third kappa shape index (κ3) is 4.64. The quantitative estimate of drug-likeness (QED) is 0.612. The number of rotatable bonds is 6. The molecule has 3 heterocycles. The van der Waals surface area contributed by atoms with E-state index in [1.54, 1.807) is 17.2 Å². The van der Waals surface area contributed by atoms with E-state index >= 15 is 0 Å². The molecule has 0 saturated carbocycles. The van der Waals surface area contributed by atoms with E-state index in [2.05, 4.69) is 4.98 Å². The number of alkyl halides is 2. The molecule has 33 heavy (non-hydrogen) atoms. The van der Waals surface area contributed by atoms with Crippen LogP contribution in [-0.4, -0.2) is 57.7 Å². The number of benzene rings is 1. The Bertz CT molecular complexity index is 1060. The summed E-state index contributed by atoms with van der Waals surface area (Å²) in [4.78, 5) is 32.9. The Kier molecular flexibility index (Phi) is 6.52. The fourth-order valence-corrected chi connectivity index (χ4v) is 4.86. The Labute approximate surface area is 191 Å². The molecule has 172 valence electrons. The predicted molar refractivity (Wildman–Crippen MR) is 118 cm³/mol. The highest BCUT2D eigenvalue weighted by atomic mass is 19.3. The normalized spacial score (nSPS) is 22.6. The second-order valence-electron chi connectivity index (χ2n) is 8.70. The van der Waals surface area contributed by atoms with Gasteiger partial charge in [0.05, 0.1) is 13.0 Å². The first-order valence-electron chi connectivity index (χ1n) is 11.2. The molecule has 2 aromatic rings. The molecule has 0 aliphatic carbocycles. The summed E-state index contributed by atoms with van der Waals surface area (Å²) < 4.78 is 28.9. The molecule has 1 atom stereocenters. The van der Waals surface area contributed by atoms with Gasteiger partial charge < -0.3 is 4.90 Å². The summed E-state index contributed by atoms with van der Waals surface area (Å²) in [7, 11) is 0. The molecule has 1 amide bonds. The van der Waals surface area contributed by atoms with Crippen LogP contribution in [0.4, 0.5) is 8.78 Å². The van der Waals surface area contributed by atoms with Crippen LogP contribution in [0, 0.1) is 11.3 Å². The van der Waals surface area contributed by atoms with Crippen molar-refractivity contribution in [1.29, 1.82) is 5.26 Å². The highest BCUT2D eigenvalue weighted by Crippen LogP contribution is 2.43. The number of nitriles is 1. The van der Waals surface area contributed by atoms with E-state index in [-0.39, 0.29) is 18.6 Å². The van der Waals surface area contributed by atoms with E-state index in [0.717, 1.165) is 29.7 Å². The number of amides is 1. The summed E-state index contributed by atoms with van der Waals surface area (Å²) in [5.74, 6) is -4.00. The van der Waals surface area contributed by atoms with Crippen molar-refractivity contribution >= 4 is 11.7 Å². The molecular weight excluding hydrogens is 426 g/mol. The van der Waals surface area contributed by atoms with Crippen LogP contribution in [0.3, 0.4) is 0 Å². The Morgan fingerprint density at radius 2 is 1.79 bits per heavy atom. The molecule has 0 unspecified atom stereocenters. The number of nitrogens with zero attached hydrogens (tertiary/aromatic N) is 4. The van der Waals surface area contributed by atoms with E-state index < -0.39 is 30.5 Å². The lowest BCUT2D eigenvalue weighted by Crippen LogP contribution is -2.59. The molecule has 0 radical (unpaired) electrons. The van der Waals surface area contributed by atoms with Crippen molar-refractivity contribution in [3.05, 3.63) is 54.4 Å². The molecule has 0 bridgehead atoms. The number of halogens is 2. The molecule has 8 heteroatoms. The highest BCUT2D eigenvalue weighted by Gasteiger charge is 2.60. The first-order chi connectivity index (χ1) is 15.9. The van der Waals surface area contributed by atoms with Crippen molar-refractivity contribution in [2.24, 2.45) is 0 Å². The van der Waals surface area contributed by atoms with E-state index in [9.17, 15) is 23.6 Å². The lowest BCUT2D eigenvalue weighted by atomic mass is 9.97. The van der Waals surface area contributed by atoms with Crippen LogP contribution < -0.4 is 0 Å². The zero-order valence-corrected chi connectivity index (χ0v) is 18.3. The van der Waals surface area contributed by atoms with Gasteiger partial charge in [-0.1, -0.05) is 36.8 Å². The highest BCUT2D eigenvalue weighted by molar-refractivity contribution is 6.03. The topological polar surface area (TPSA) is 77.3 Å². The molecule has 2 aliphatic heterocycles. The number of aromatic nitrogens is 1. The van der Waals surface area contributed by atoms with Gasteiger partial charge in [-0.25, -0.2) is 8.78 Å². The van der Waals surface area contributed by atoms with Crippen LogP contribution in [0.1, 0.15) is 48.9 Å². The van der Waals surface area contributed by atoms with Crippen LogP contribution in [-0.2, 0) is 4.79 Å². The third-order valence-electron chi connectivity index (χ3n) is 6.47. The number of hydrogen-bond donors (Lipinski definition) is 0. The van der Waals surface area contributed by atoms with Gasteiger partial charge in [0.2, 0.25) is 5.91 Å². The zero-order chi connectivity index (χ0) is 23.5. The molecule has 4 rings (SSSR count). The first-order valence-corrected chi connectivity index (χ1v) is 11.2. The number of piperidine rings is 1.